The minimum Gasteiger partial charge on any atom is -0.497 e. The smallest absolute Gasteiger partial charge is 0.325 e. The summed E-state index contributed by atoms with van der Waals surface area (Å²) in [5, 5.41) is 2.72. The van der Waals surface area contributed by atoms with Crippen molar-refractivity contribution < 1.29 is 19.1 Å². The molecule has 1 aliphatic rings. The molecule has 1 fully saturated rings. The van der Waals surface area contributed by atoms with E-state index in [9.17, 15) is 14.4 Å². The van der Waals surface area contributed by atoms with E-state index in [2.05, 4.69) is 5.32 Å². The Morgan fingerprint density at radius 1 is 1.22 bits per heavy atom. The molecular formula is C19H19ClN2O4S. The quantitative estimate of drug-likeness (QED) is 0.563. The van der Waals surface area contributed by atoms with Crippen LogP contribution in [0.25, 0.3) is 0 Å². The maximum atomic E-state index is 12.8. The second kappa shape index (κ2) is 7.70. The molecule has 2 heterocycles. The molecule has 142 valence electrons. The third kappa shape index (κ3) is 4.14. The number of halogens is 1. The predicted molar refractivity (Wildman–Crippen MR) is 104 cm³/mol. The second-order valence-electron chi connectivity index (χ2n) is 6.53. The molecule has 1 atom stereocenters. The Morgan fingerprint density at radius 3 is 2.52 bits per heavy atom. The third-order valence-corrected chi connectivity index (χ3v) is 5.84. The van der Waals surface area contributed by atoms with E-state index < -0.39 is 17.5 Å². The van der Waals surface area contributed by atoms with Gasteiger partial charge in [-0.25, -0.2) is 4.79 Å². The van der Waals surface area contributed by atoms with Crippen molar-refractivity contribution in [2.75, 3.05) is 13.7 Å². The number of imide groups is 1. The fourth-order valence-corrected chi connectivity index (χ4v) is 3.91. The van der Waals surface area contributed by atoms with Gasteiger partial charge in [0.05, 0.1) is 22.9 Å². The first-order valence-corrected chi connectivity index (χ1v) is 9.57. The molecule has 1 aliphatic heterocycles. The van der Waals surface area contributed by atoms with Gasteiger partial charge in [-0.3, -0.25) is 14.5 Å². The highest BCUT2D eigenvalue weighted by Gasteiger charge is 2.47. The maximum Gasteiger partial charge on any atom is 0.325 e. The predicted octanol–water partition coefficient (Wildman–Crippen LogP) is 3.54. The van der Waals surface area contributed by atoms with Crippen molar-refractivity contribution in [1.29, 1.82) is 0 Å². The van der Waals surface area contributed by atoms with Crippen LogP contribution >= 0.6 is 22.9 Å². The van der Waals surface area contributed by atoms with Gasteiger partial charge in [0, 0.05) is 0 Å². The van der Waals surface area contributed by atoms with E-state index in [1.54, 1.807) is 26.2 Å². The average molecular weight is 407 g/mol. The number of amides is 3. The largest absolute Gasteiger partial charge is 0.497 e. The number of benzene rings is 1. The maximum absolute atomic E-state index is 12.8. The lowest BCUT2D eigenvalue weighted by atomic mass is 9.93. The zero-order valence-corrected chi connectivity index (χ0v) is 16.5. The minimum absolute atomic E-state index is 0.292. The molecule has 3 rings (SSSR count). The summed E-state index contributed by atoms with van der Waals surface area (Å²) in [6.07, 6.45) is 1.04. The summed E-state index contributed by atoms with van der Waals surface area (Å²) in [4.78, 5) is 38.8. The number of rotatable bonds is 7. The number of nitrogens with one attached hydrogen (secondary N) is 1. The molecule has 1 unspecified atom stereocenters. The zero-order chi connectivity index (χ0) is 19.6. The number of hydrogen-bond acceptors (Lipinski definition) is 5. The van der Waals surface area contributed by atoms with Crippen molar-refractivity contribution in [3.63, 3.8) is 0 Å². The van der Waals surface area contributed by atoms with Gasteiger partial charge < -0.3 is 10.1 Å². The van der Waals surface area contributed by atoms with Crippen molar-refractivity contribution in [3.05, 3.63) is 51.2 Å². The highest BCUT2D eigenvalue weighted by atomic mass is 35.5. The molecule has 0 aliphatic carbocycles. The second-order valence-corrected chi connectivity index (χ2v) is 8.24. The first-order chi connectivity index (χ1) is 12.8. The van der Waals surface area contributed by atoms with Crippen LogP contribution in [0.15, 0.2) is 36.4 Å². The Bertz CT molecular complexity index is 880. The summed E-state index contributed by atoms with van der Waals surface area (Å²) in [6.45, 7) is 1.39. The summed E-state index contributed by atoms with van der Waals surface area (Å²) in [6, 6.07) is 10.2. The van der Waals surface area contributed by atoms with E-state index in [0.717, 1.165) is 27.5 Å². The first-order valence-electron chi connectivity index (χ1n) is 8.38. The van der Waals surface area contributed by atoms with Gasteiger partial charge in [0.2, 0.25) is 0 Å². The van der Waals surface area contributed by atoms with Crippen molar-refractivity contribution >= 4 is 40.7 Å². The molecule has 1 aromatic heterocycles. The van der Waals surface area contributed by atoms with E-state index in [-0.39, 0.29) is 12.3 Å². The molecule has 0 radical (unpaired) electrons. The molecule has 1 saturated heterocycles. The Kier molecular flexibility index (Phi) is 5.53. The number of carbonyl (C=O) groups excluding carboxylic acids is 3. The summed E-state index contributed by atoms with van der Waals surface area (Å²) in [5.41, 5.74) is -0.00785. The summed E-state index contributed by atoms with van der Waals surface area (Å²) in [7, 11) is 1.60. The number of Topliss-reactive ketones (excluding diaryl/α,β-unsaturated/α-hetero) is 1. The molecule has 1 N–H and O–H groups in total. The number of urea groups is 1. The van der Waals surface area contributed by atoms with Crippen LogP contribution in [0.1, 0.15) is 28.6 Å². The van der Waals surface area contributed by atoms with E-state index >= 15 is 0 Å². The van der Waals surface area contributed by atoms with Crippen molar-refractivity contribution in [2.45, 2.75) is 25.3 Å². The van der Waals surface area contributed by atoms with Crippen molar-refractivity contribution in [1.82, 2.24) is 10.2 Å². The van der Waals surface area contributed by atoms with Crippen LogP contribution in [-0.2, 0) is 11.2 Å². The lowest BCUT2D eigenvalue weighted by molar-refractivity contribution is -0.130. The molecule has 0 spiro atoms. The summed E-state index contributed by atoms with van der Waals surface area (Å²) >= 11 is 6.97. The van der Waals surface area contributed by atoms with Crippen LogP contribution in [0.3, 0.4) is 0 Å². The molecule has 8 heteroatoms. The SMILES string of the molecule is COc1ccc(CCC2(C)NC(=O)N(CC(=O)c3ccc(Cl)s3)C2=O)cc1. The lowest BCUT2D eigenvalue weighted by Crippen LogP contribution is -2.44. The van der Waals surface area contributed by atoms with Gasteiger partial charge in [-0.05, 0) is 49.6 Å². The Hall–Kier alpha value is -2.38. The average Bonchev–Trinajstić information content (AvgIpc) is 3.18. The fourth-order valence-electron chi connectivity index (χ4n) is 2.93. The molecule has 1 aromatic carbocycles. The number of nitrogens with zero attached hydrogens (tertiary/aromatic N) is 1. The van der Waals surface area contributed by atoms with Gasteiger partial charge in [-0.2, -0.15) is 0 Å². The van der Waals surface area contributed by atoms with Gasteiger partial charge in [0.1, 0.15) is 11.3 Å². The normalized spacial score (nSPS) is 19.3. The number of hydrogen-bond donors (Lipinski definition) is 1. The molecule has 6 nitrogen and oxygen atoms in total. The zero-order valence-electron chi connectivity index (χ0n) is 15.0. The van der Waals surface area contributed by atoms with Crippen LogP contribution < -0.4 is 10.1 Å². The van der Waals surface area contributed by atoms with E-state index in [4.69, 9.17) is 16.3 Å². The highest BCUT2D eigenvalue weighted by Crippen LogP contribution is 2.26. The Balaban J connectivity index is 1.65. The first kappa shape index (κ1) is 19.4. The topological polar surface area (TPSA) is 75.7 Å². The number of ether oxygens (including phenoxy) is 1. The van der Waals surface area contributed by atoms with Crippen LogP contribution in [0.5, 0.6) is 5.75 Å². The molecule has 0 saturated carbocycles. The van der Waals surface area contributed by atoms with Crippen LogP contribution in [0.2, 0.25) is 4.34 Å². The van der Waals surface area contributed by atoms with Crippen LogP contribution in [0, 0.1) is 0 Å². The number of aryl methyl sites for hydroxylation is 1. The van der Waals surface area contributed by atoms with Crippen LogP contribution in [0.4, 0.5) is 4.79 Å². The molecular weight excluding hydrogens is 388 g/mol. The number of carbonyl (C=O) groups is 3. The summed E-state index contributed by atoms with van der Waals surface area (Å²) in [5.74, 6) is 0.0559. The molecule has 27 heavy (non-hydrogen) atoms. The van der Waals surface area contributed by atoms with Crippen molar-refractivity contribution in [2.24, 2.45) is 0 Å². The number of thiophene rings is 1. The van der Waals surface area contributed by atoms with Gasteiger partial charge in [-0.15, -0.1) is 11.3 Å². The monoisotopic (exact) mass is 406 g/mol. The number of methoxy groups -OCH3 is 1. The fraction of sp³-hybridized carbons (Fsp3) is 0.316. The van der Waals surface area contributed by atoms with E-state index in [0.29, 0.717) is 22.1 Å². The van der Waals surface area contributed by atoms with E-state index in [1.165, 1.54) is 0 Å². The van der Waals surface area contributed by atoms with E-state index in [1.807, 2.05) is 24.3 Å². The number of ketones is 1. The third-order valence-electron chi connectivity index (χ3n) is 4.57. The minimum atomic E-state index is -1.04. The molecule has 2 aromatic rings. The standard InChI is InChI=1S/C19H19ClN2O4S/c1-19(10-9-12-3-5-13(26-2)6-4-12)17(24)22(18(25)21-19)11-14(23)15-7-8-16(20)27-15/h3-8H,9-11H2,1-2H3,(H,21,25). The van der Waals surface area contributed by atoms with Gasteiger partial charge in [-0.1, -0.05) is 23.7 Å². The Labute approximate surface area is 166 Å². The van der Waals surface area contributed by atoms with Crippen molar-refractivity contribution in [3.8, 4) is 5.75 Å². The summed E-state index contributed by atoms with van der Waals surface area (Å²) < 4.78 is 5.62. The van der Waals surface area contributed by atoms with Gasteiger partial charge in [0.25, 0.3) is 5.91 Å². The Morgan fingerprint density at radius 2 is 1.93 bits per heavy atom. The van der Waals surface area contributed by atoms with Crippen LogP contribution in [-0.4, -0.2) is 41.8 Å². The van der Waals surface area contributed by atoms with Gasteiger partial charge in [0.15, 0.2) is 5.78 Å². The van der Waals surface area contributed by atoms with Gasteiger partial charge >= 0.3 is 6.03 Å². The molecule has 3 amide bonds. The molecule has 0 bridgehead atoms. The lowest BCUT2D eigenvalue weighted by Gasteiger charge is -2.21. The highest BCUT2D eigenvalue weighted by molar-refractivity contribution is 7.18.